The summed E-state index contributed by atoms with van der Waals surface area (Å²) in [6, 6.07) is 20.3. The van der Waals surface area contributed by atoms with Crippen LogP contribution < -0.4 is 15.0 Å². The molecule has 0 unspecified atom stereocenters. The summed E-state index contributed by atoms with van der Waals surface area (Å²) >= 11 is 0. The number of carbonyl (C=O) groups excluding carboxylic acids is 3. The zero-order chi connectivity index (χ0) is 32.2. The molecule has 10 nitrogen and oxygen atoms in total. The summed E-state index contributed by atoms with van der Waals surface area (Å²) in [6.07, 6.45) is -4.40. The number of rotatable bonds is 10. The minimum Gasteiger partial charge on any atom is -0.481 e. The van der Waals surface area contributed by atoms with E-state index in [1.165, 1.54) is 17.0 Å². The van der Waals surface area contributed by atoms with Crippen LogP contribution in [0.1, 0.15) is 40.7 Å². The van der Waals surface area contributed by atoms with Crippen LogP contribution in [-0.2, 0) is 22.7 Å². The molecule has 4 amide bonds. The second kappa shape index (κ2) is 13.0. The predicted molar refractivity (Wildman–Crippen MR) is 156 cm³/mol. The van der Waals surface area contributed by atoms with E-state index in [1.807, 2.05) is 30.3 Å². The van der Waals surface area contributed by atoms with Gasteiger partial charge in [0.2, 0.25) is 0 Å². The molecule has 0 saturated carbocycles. The number of urea groups is 1. The van der Waals surface area contributed by atoms with Crippen LogP contribution in [0.5, 0.6) is 5.75 Å². The summed E-state index contributed by atoms with van der Waals surface area (Å²) in [4.78, 5) is 55.9. The Morgan fingerprint density at radius 2 is 1.49 bits per heavy atom. The van der Waals surface area contributed by atoms with Gasteiger partial charge in [-0.05, 0) is 60.4 Å². The normalized spacial score (nSPS) is 16.7. The second-order valence-electron chi connectivity index (χ2n) is 10.9. The molecule has 0 bridgehead atoms. The van der Waals surface area contributed by atoms with E-state index in [-0.39, 0.29) is 25.2 Å². The molecule has 2 aliphatic heterocycles. The average molecular weight is 625 g/mol. The van der Waals surface area contributed by atoms with E-state index < -0.39 is 41.5 Å². The van der Waals surface area contributed by atoms with E-state index in [2.05, 4.69) is 15.0 Å². The Kier molecular flexibility index (Phi) is 9.09. The number of aliphatic carboxylic acids is 1. The van der Waals surface area contributed by atoms with E-state index in [4.69, 9.17) is 5.11 Å². The van der Waals surface area contributed by atoms with Crippen LogP contribution >= 0.6 is 0 Å². The lowest BCUT2D eigenvalue weighted by Crippen LogP contribution is -2.56. The van der Waals surface area contributed by atoms with E-state index >= 15 is 0 Å². The number of alkyl halides is 3. The van der Waals surface area contributed by atoms with Crippen molar-refractivity contribution >= 4 is 29.5 Å². The molecule has 3 aromatic rings. The standard InChI is InChI=1S/C32H31F3N4O6/c33-32(34,35)45-26-12-10-25(11-13-26)39-29(43)31(15-18-37(19-16-31)20-22-4-2-1-3-5-22)38(30(39)44)21-23-6-8-24(9-7-23)28(42)36-17-14-27(40)41/h1-13H,14-21H2,(H,36,42)(H,40,41). The molecule has 3 aromatic carbocycles. The Balaban J connectivity index is 1.37. The number of likely N-dealkylation sites (tertiary alicyclic amines) is 1. The molecule has 0 aliphatic carbocycles. The Bertz CT molecular complexity index is 1540. The first-order valence-electron chi connectivity index (χ1n) is 14.3. The molecule has 2 aliphatic rings. The molecule has 2 heterocycles. The number of imide groups is 1. The Labute approximate surface area is 257 Å². The van der Waals surface area contributed by atoms with Crippen molar-refractivity contribution in [3.63, 3.8) is 0 Å². The first-order valence-corrected chi connectivity index (χ1v) is 14.3. The van der Waals surface area contributed by atoms with Crippen LogP contribution in [0.4, 0.5) is 23.7 Å². The SMILES string of the molecule is O=C(O)CCNC(=O)c1ccc(CN2C(=O)N(c3ccc(OC(F)(F)F)cc3)C(=O)C23CCN(Cc2ccccc2)CC3)cc1. The lowest BCUT2D eigenvalue weighted by Gasteiger charge is -2.42. The number of carboxylic acids is 1. The van der Waals surface area contributed by atoms with Gasteiger partial charge in [-0.25, -0.2) is 9.69 Å². The van der Waals surface area contributed by atoms with Gasteiger partial charge in [0.1, 0.15) is 11.3 Å². The number of ether oxygens (including phenoxy) is 1. The van der Waals surface area contributed by atoms with Crippen molar-refractivity contribution < 1.29 is 42.2 Å². The van der Waals surface area contributed by atoms with Crippen LogP contribution in [0.3, 0.4) is 0 Å². The summed E-state index contributed by atoms with van der Waals surface area (Å²) in [5.41, 5.74) is 1.02. The maximum atomic E-state index is 14.1. The highest BCUT2D eigenvalue weighted by molar-refractivity contribution is 6.23. The minimum absolute atomic E-state index is 0.0245. The molecular weight excluding hydrogens is 593 g/mol. The molecular formula is C32H31F3N4O6. The van der Waals surface area contributed by atoms with Gasteiger partial charge < -0.3 is 20.1 Å². The first-order chi connectivity index (χ1) is 21.4. The number of piperidine rings is 1. The third-order valence-electron chi connectivity index (χ3n) is 7.98. The van der Waals surface area contributed by atoms with Gasteiger partial charge in [0.05, 0.1) is 12.1 Å². The summed E-state index contributed by atoms with van der Waals surface area (Å²) in [6.45, 7) is 1.77. The Morgan fingerprint density at radius 1 is 0.867 bits per heavy atom. The van der Waals surface area contributed by atoms with Crippen LogP contribution in [0.25, 0.3) is 0 Å². The van der Waals surface area contributed by atoms with E-state index in [9.17, 15) is 32.3 Å². The minimum atomic E-state index is -4.88. The van der Waals surface area contributed by atoms with Crippen molar-refractivity contribution in [1.29, 1.82) is 0 Å². The van der Waals surface area contributed by atoms with Gasteiger partial charge >= 0.3 is 18.4 Å². The van der Waals surface area contributed by atoms with Crippen LogP contribution in [0.15, 0.2) is 78.9 Å². The van der Waals surface area contributed by atoms with Crippen molar-refractivity contribution in [3.05, 3.63) is 95.6 Å². The molecule has 0 radical (unpaired) electrons. The second-order valence-corrected chi connectivity index (χ2v) is 10.9. The van der Waals surface area contributed by atoms with Crippen LogP contribution in [0, 0.1) is 0 Å². The van der Waals surface area contributed by atoms with Gasteiger partial charge in [-0.3, -0.25) is 19.3 Å². The number of nitrogens with one attached hydrogen (secondary N) is 1. The zero-order valence-corrected chi connectivity index (χ0v) is 24.1. The Morgan fingerprint density at radius 3 is 2.09 bits per heavy atom. The molecule has 2 fully saturated rings. The summed E-state index contributed by atoms with van der Waals surface area (Å²) < 4.78 is 42.0. The molecule has 0 aromatic heterocycles. The van der Waals surface area contributed by atoms with Gasteiger partial charge in [-0.1, -0.05) is 42.5 Å². The fourth-order valence-electron chi connectivity index (χ4n) is 5.69. The number of halogens is 3. The number of anilines is 1. The largest absolute Gasteiger partial charge is 0.573 e. The molecule has 13 heteroatoms. The number of nitrogens with zero attached hydrogens (tertiary/aromatic N) is 3. The van der Waals surface area contributed by atoms with Crippen molar-refractivity contribution in [2.45, 2.75) is 44.3 Å². The van der Waals surface area contributed by atoms with E-state index in [0.29, 0.717) is 43.6 Å². The number of hydrogen-bond acceptors (Lipinski definition) is 6. The van der Waals surface area contributed by atoms with Gasteiger partial charge in [0, 0.05) is 38.3 Å². The van der Waals surface area contributed by atoms with Gasteiger partial charge in [0.25, 0.3) is 11.8 Å². The van der Waals surface area contributed by atoms with E-state index in [0.717, 1.165) is 22.6 Å². The molecule has 5 rings (SSSR count). The van der Waals surface area contributed by atoms with Crippen molar-refractivity contribution in [3.8, 4) is 5.75 Å². The quantitative estimate of drug-likeness (QED) is 0.311. The third kappa shape index (κ3) is 7.26. The third-order valence-corrected chi connectivity index (χ3v) is 7.98. The summed E-state index contributed by atoms with van der Waals surface area (Å²) in [7, 11) is 0. The smallest absolute Gasteiger partial charge is 0.481 e. The zero-order valence-electron chi connectivity index (χ0n) is 24.1. The molecule has 2 saturated heterocycles. The monoisotopic (exact) mass is 624 g/mol. The van der Waals surface area contributed by atoms with E-state index in [1.54, 1.807) is 24.3 Å². The van der Waals surface area contributed by atoms with Crippen molar-refractivity contribution in [2.24, 2.45) is 0 Å². The Hall–Kier alpha value is -4.91. The summed E-state index contributed by atoms with van der Waals surface area (Å²) in [5, 5.41) is 11.3. The summed E-state index contributed by atoms with van der Waals surface area (Å²) in [5.74, 6) is -2.40. The molecule has 1 spiro atoms. The predicted octanol–water partition coefficient (Wildman–Crippen LogP) is 4.79. The number of carbonyl (C=O) groups is 4. The number of amides is 4. The van der Waals surface area contributed by atoms with Crippen molar-refractivity contribution in [2.75, 3.05) is 24.5 Å². The van der Waals surface area contributed by atoms with Gasteiger partial charge in [0.15, 0.2) is 0 Å². The number of carboxylic acid groups (broad SMARTS) is 1. The lowest BCUT2D eigenvalue weighted by molar-refractivity contribution is -0.274. The average Bonchev–Trinajstić information content (AvgIpc) is 3.19. The molecule has 0 atom stereocenters. The van der Waals surface area contributed by atoms with Crippen LogP contribution in [-0.4, -0.2) is 70.3 Å². The maximum absolute atomic E-state index is 14.1. The topological polar surface area (TPSA) is 119 Å². The number of hydrogen-bond donors (Lipinski definition) is 2. The highest BCUT2D eigenvalue weighted by atomic mass is 19.4. The molecule has 236 valence electrons. The number of benzene rings is 3. The maximum Gasteiger partial charge on any atom is 0.573 e. The molecule has 2 N–H and O–H groups in total. The van der Waals surface area contributed by atoms with Crippen LogP contribution in [0.2, 0.25) is 0 Å². The fourth-order valence-corrected chi connectivity index (χ4v) is 5.69. The highest BCUT2D eigenvalue weighted by Gasteiger charge is 2.58. The van der Waals surface area contributed by atoms with Gasteiger partial charge in [-0.15, -0.1) is 13.2 Å². The van der Waals surface area contributed by atoms with Crippen molar-refractivity contribution in [1.82, 2.24) is 15.1 Å². The highest BCUT2D eigenvalue weighted by Crippen LogP contribution is 2.41. The fraction of sp³-hybridized carbons (Fsp3) is 0.312. The van der Waals surface area contributed by atoms with Gasteiger partial charge in [-0.2, -0.15) is 0 Å². The first kappa shape index (κ1) is 31.5. The lowest BCUT2D eigenvalue weighted by atomic mass is 9.85. The molecule has 45 heavy (non-hydrogen) atoms.